The molecule has 0 bridgehead atoms. The number of carbonyl (C=O) groups excluding carboxylic acids is 2. The number of unbranched alkanes of at least 4 members (excludes halogenated alkanes) is 1. The van der Waals surface area contributed by atoms with Crippen LogP contribution in [0.5, 0.6) is 0 Å². The van der Waals surface area contributed by atoms with Gasteiger partial charge in [-0.3, -0.25) is 19.5 Å². The van der Waals surface area contributed by atoms with Gasteiger partial charge in [-0.25, -0.2) is 0 Å². The van der Waals surface area contributed by atoms with Gasteiger partial charge in [-0.15, -0.1) is 24.8 Å². The summed E-state index contributed by atoms with van der Waals surface area (Å²) in [5, 5.41) is 14.1. The molecule has 1 aromatic heterocycles. The Morgan fingerprint density at radius 2 is 1.83 bits per heavy atom. The smallest absolute Gasteiger partial charge is 0.248 e. The van der Waals surface area contributed by atoms with E-state index in [0.717, 1.165) is 69.4 Å². The maximum Gasteiger partial charge on any atom is 0.248 e. The van der Waals surface area contributed by atoms with Crippen LogP contribution in [0.3, 0.4) is 0 Å². The highest BCUT2D eigenvalue weighted by molar-refractivity contribution is 6.00. The number of hydrogen-bond donors (Lipinski definition) is 2. The van der Waals surface area contributed by atoms with Gasteiger partial charge in [0, 0.05) is 32.4 Å². The summed E-state index contributed by atoms with van der Waals surface area (Å²) < 4.78 is 0. The molecule has 3 fully saturated rings. The molecule has 9 heteroatoms. The van der Waals surface area contributed by atoms with Crippen LogP contribution in [0.1, 0.15) is 76.0 Å². The summed E-state index contributed by atoms with van der Waals surface area (Å²) >= 11 is 0. The second-order valence-electron chi connectivity index (χ2n) is 10.3. The van der Waals surface area contributed by atoms with Crippen molar-refractivity contribution in [2.24, 2.45) is 5.92 Å². The minimum Gasteiger partial charge on any atom is -0.390 e. The minimum atomic E-state index is -0.808. The molecule has 1 aliphatic carbocycles. The predicted molar refractivity (Wildman–Crippen MR) is 142 cm³/mol. The average Bonchev–Trinajstić information content (AvgIpc) is 2.84. The molecule has 2 aliphatic heterocycles. The van der Waals surface area contributed by atoms with Crippen LogP contribution < -0.4 is 5.32 Å². The van der Waals surface area contributed by atoms with Crippen molar-refractivity contribution in [2.75, 3.05) is 19.6 Å². The van der Waals surface area contributed by atoms with E-state index in [4.69, 9.17) is 0 Å². The number of nitrogens with one attached hydrogen (secondary N) is 1. The first-order valence-electron chi connectivity index (χ1n) is 12.9. The molecule has 198 valence electrons. The van der Waals surface area contributed by atoms with Gasteiger partial charge in [0.1, 0.15) is 11.6 Å². The number of amides is 2. The summed E-state index contributed by atoms with van der Waals surface area (Å²) in [6, 6.07) is 3.32. The fourth-order valence-corrected chi connectivity index (χ4v) is 5.86. The highest BCUT2D eigenvalue weighted by Crippen LogP contribution is 2.36. The van der Waals surface area contributed by atoms with Gasteiger partial charge in [0.2, 0.25) is 11.8 Å². The van der Waals surface area contributed by atoms with Crippen LogP contribution in [-0.4, -0.2) is 69.0 Å². The zero-order valence-corrected chi connectivity index (χ0v) is 22.7. The molecule has 3 aliphatic rings. The third kappa shape index (κ3) is 6.48. The number of nitrogens with zero attached hydrogens (tertiary/aromatic N) is 3. The van der Waals surface area contributed by atoms with Gasteiger partial charge in [-0.2, -0.15) is 0 Å². The Balaban J connectivity index is 0.00000216. The Bertz CT molecular complexity index is 824. The van der Waals surface area contributed by atoms with Gasteiger partial charge in [0.05, 0.1) is 11.8 Å². The highest BCUT2D eigenvalue weighted by atomic mass is 35.5. The summed E-state index contributed by atoms with van der Waals surface area (Å²) in [7, 11) is 0. The van der Waals surface area contributed by atoms with Crippen molar-refractivity contribution in [3.8, 4) is 0 Å². The van der Waals surface area contributed by atoms with E-state index in [1.54, 1.807) is 0 Å². The van der Waals surface area contributed by atoms with Gasteiger partial charge in [0.15, 0.2) is 0 Å². The van der Waals surface area contributed by atoms with E-state index in [1.165, 1.54) is 6.42 Å². The van der Waals surface area contributed by atoms with Crippen molar-refractivity contribution in [1.82, 2.24) is 20.1 Å². The molecule has 0 aromatic carbocycles. The molecule has 1 aromatic rings. The van der Waals surface area contributed by atoms with Crippen molar-refractivity contribution in [3.63, 3.8) is 0 Å². The summed E-state index contributed by atoms with van der Waals surface area (Å²) in [5.74, 6) is -0.0696. The molecule has 0 radical (unpaired) electrons. The van der Waals surface area contributed by atoms with E-state index < -0.39 is 17.7 Å². The van der Waals surface area contributed by atoms with Crippen LogP contribution in [0.4, 0.5) is 0 Å². The van der Waals surface area contributed by atoms with E-state index in [9.17, 15) is 14.7 Å². The molecule has 1 spiro atoms. The lowest BCUT2D eigenvalue weighted by atomic mass is 9.78. The Morgan fingerprint density at radius 1 is 1.14 bits per heavy atom. The molecule has 7 nitrogen and oxygen atoms in total. The molecule has 3 heterocycles. The summed E-state index contributed by atoms with van der Waals surface area (Å²) in [5.41, 5.74) is 1.37. The molecule has 2 saturated heterocycles. The van der Waals surface area contributed by atoms with Crippen molar-refractivity contribution in [3.05, 3.63) is 29.6 Å². The zero-order chi connectivity index (χ0) is 23.4. The normalized spacial score (nSPS) is 23.9. The number of aliphatic hydroxyl groups excluding tert-OH is 1. The third-order valence-electron chi connectivity index (χ3n) is 8.01. The maximum absolute atomic E-state index is 13.7. The number of aliphatic hydroxyl groups is 1. The Hall–Kier alpha value is -1.41. The fraction of sp³-hybridized carbons (Fsp3) is 0.731. The van der Waals surface area contributed by atoms with Crippen molar-refractivity contribution < 1.29 is 14.7 Å². The van der Waals surface area contributed by atoms with Gasteiger partial charge >= 0.3 is 0 Å². The van der Waals surface area contributed by atoms with Gasteiger partial charge in [-0.05, 0) is 56.6 Å². The number of pyridine rings is 1. The molecule has 35 heavy (non-hydrogen) atoms. The van der Waals surface area contributed by atoms with Crippen LogP contribution in [-0.2, 0) is 16.1 Å². The number of likely N-dealkylation sites (tertiary alicyclic amines) is 1. The lowest BCUT2D eigenvalue weighted by molar-refractivity contribution is -0.166. The topological polar surface area (TPSA) is 85.8 Å². The second kappa shape index (κ2) is 13.2. The SMILES string of the molecule is CCCCN1C(=O)[C@@H]([C@H](O)C2CCCCC2)NC(=O)C12CCN(Cc1ccc(C)cn1)CC2.Cl.Cl. The molecule has 4 rings (SSSR count). The Morgan fingerprint density at radius 3 is 2.43 bits per heavy atom. The first kappa shape index (κ1) is 29.8. The van der Waals surface area contributed by atoms with Gasteiger partial charge in [-0.1, -0.05) is 38.7 Å². The second-order valence-corrected chi connectivity index (χ2v) is 10.3. The minimum absolute atomic E-state index is 0. The lowest BCUT2D eigenvalue weighted by Crippen LogP contribution is -2.75. The van der Waals surface area contributed by atoms with Crippen LogP contribution in [0.2, 0.25) is 0 Å². The number of hydrogen-bond acceptors (Lipinski definition) is 5. The molecular formula is C26H42Cl2N4O3. The Labute approximate surface area is 222 Å². The van der Waals surface area contributed by atoms with Crippen LogP contribution >= 0.6 is 24.8 Å². The summed E-state index contributed by atoms with van der Waals surface area (Å²) in [4.78, 5) is 35.9. The van der Waals surface area contributed by atoms with E-state index in [1.807, 2.05) is 18.0 Å². The number of halogens is 2. The summed E-state index contributed by atoms with van der Waals surface area (Å²) in [6.45, 7) is 6.96. The first-order chi connectivity index (χ1) is 15.9. The number of aromatic nitrogens is 1. The summed E-state index contributed by atoms with van der Waals surface area (Å²) in [6.07, 6.45) is 9.39. The standard InChI is InChI=1S/C26H40N4O3.2ClH/c1-3-4-14-30-24(32)22(23(31)20-8-6-5-7-9-20)28-25(33)26(30)12-15-29(16-13-26)18-21-11-10-19(2)17-27-21;;/h10-11,17,20,22-23,31H,3-9,12-16,18H2,1-2H3,(H,28,33);2*1H/t22-,23-;;/m1../s1. The van der Waals surface area contributed by atoms with E-state index >= 15 is 0 Å². The number of aryl methyl sites for hydroxylation is 1. The lowest BCUT2D eigenvalue weighted by Gasteiger charge is -2.52. The maximum atomic E-state index is 13.7. The monoisotopic (exact) mass is 528 g/mol. The van der Waals surface area contributed by atoms with Gasteiger partial charge < -0.3 is 15.3 Å². The van der Waals surface area contributed by atoms with Crippen molar-refractivity contribution >= 4 is 36.6 Å². The molecular weight excluding hydrogens is 487 g/mol. The van der Waals surface area contributed by atoms with Crippen molar-refractivity contribution in [1.29, 1.82) is 0 Å². The average molecular weight is 530 g/mol. The molecule has 0 unspecified atom stereocenters. The molecule has 2 atom stereocenters. The largest absolute Gasteiger partial charge is 0.390 e. The quantitative estimate of drug-likeness (QED) is 0.564. The predicted octanol–water partition coefficient (Wildman–Crippen LogP) is 3.64. The molecule has 2 N–H and O–H groups in total. The van der Waals surface area contributed by atoms with Crippen LogP contribution in [0.25, 0.3) is 0 Å². The number of piperidine rings is 1. The third-order valence-corrected chi connectivity index (χ3v) is 8.01. The van der Waals surface area contributed by atoms with Gasteiger partial charge in [0.25, 0.3) is 0 Å². The number of piperazine rings is 1. The van der Waals surface area contributed by atoms with E-state index in [0.29, 0.717) is 19.4 Å². The first-order valence-corrected chi connectivity index (χ1v) is 12.9. The van der Waals surface area contributed by atoms with E-state index in [-0.39, 0.29) is 42.5 Å². The molecule has 2 amide bonds. The van der Waals surface area contributed by atoms with E-state index in [2.05, 4.69) is 34.3 Å². The zero-order valence-electron chi connectivity index (χ0n) is 21.1. The highest BCUT2D eigenvalue weighted by Gasteiger charge is 2.55. The van der Waals surface area contributed by atoms with Crippen molar-refractivity contribution in [2.45, 2.75) is 95.9 Å². The number of rotatable bonds is 7. The van der Waals surface area contributed by atoms with Crippen LogP contribution in [0.15, 0.2) is 18.3 Å². The Kier molecular flexibility index (Phi) is 11.3. The van der Waals surface area contributed by atoms with Crippen LogP contribution in [0, 0.1) is 12.8 Å². The fourth-order valence-electron chi connectivity index (χ4n) is 5.86. The molecule has 1 saturated carbocycles. The number of carbonyl (C=O) groups is 2.